The van der Waals surface area contributed by atoms with E-state index in [0.717, 1.165) is 25.1 Å². The summed E-state index contributed by atoms with van der Waals surface area (Å²) in [6.45, 7) is 1.40. The highest BCUT2D eigenvalue weighted by Gasteiger charge is 2.22. The highest BCUT2D eigenvalue weighted by Crippen LogP contribution is 2.15. The lowest BCUT2D eigenvalue weighted by molar-refractivity contribution is -0.124. The Bertz CT molecular complexity index is 499. The molecule has 0 radical (unpaired) electrons. The van der Waals surface area contributed by atoms with Crippen LogP contribution < -0.4 is 15.4 Å². The van der Waals surface area contributed by atoms with Crippen molar-refractivity contribution in [2.24, 2.45) is 5.92 Å². The molecule has 5 nitrogen and oxygen atoms in total. The van der Waals surface area contributed by atoms with Crippen LogP contribution in [0.1, 0.15) is 6.42 Å². The first-order valence-electron chi connectivity index (χ1n) is 6.80. The summed E-state index contributed by atoms with van der Waals surface area (Å²) in [5.41, 5.74) is 0. The number of halogens is 3. The van der Waals surface area contributed by atoms with Crippen molar-refractivity contribution in [3.05, 3.63) is 29.8 Å². The summed E-state index contributed by atoms with van der Waals surface area (Å²) in [5, 5.41) is 15.4. The largest absolute Gasteiger partial charge is 0.491 e. The molecule has 3 N–H and O–H groups in total. The fourth-order valence-electron chi connectivity index (χ4n) is 2.06. The number of hydrogen-bond donors (Lipinski definition) is 3. The van der Waals surface area contributed by atoms with Crippen molar-refractivity contribution in [1.82, 2.24) is 10.6 Å². The van der Waals surface area contributed by atoms with Crippen LogP contribution in [0.5, 0.6) is 5.75 Å². The van der Waals surface area contributed by atoms with Gasteiger partial charge in [0.15, 0.2) is 11.6 Å². The van der Waals surface area contributed by atoms with E-state index in [1.54, 1.807) is 0 Å². The molecule has 1 saturated heterocycles. The minimum absolute atomic E-state index is 0. The lowest BCUT2D eigenvalue weighted by Gasteiger charge is -2.15. The molecule has 1 amide bonds. The van der Waals surface area contributed by atoms with Crippen LogP contribution in [0.25, 0.3) is 0 Å². The lowest BCUT2D eigenvalue weighted by atomic mass is 10.1. The van der Waals surface area contributed by atoms with Gasteiger partial charge in [0.1, 0.15) is 18.5 Å². The van der Waals surface area contributed by atoms with Crippen LogP contribution in [0.15, 0.2) is 18.2 Å². The number of ether oxygens (including phenoxy) is 1. The molecule has 1 heterocycles. The van der Waals surface area contributed by atoms with Gasteiger partial charge in [-0.05, 0) is 25.1 Å². The maximum atomic E-state index is 12.9. The Labute approximate surface area is 133 Å². The predicted octanol–water partition coefficient (Wildman–Crippen LogP) is 0.852. The molecular formula is C14H19ClF2N2O3. The molecule has 2 rings (SSSR count). The zero-order chi connectivity index (χ0) is 15.2. The molecule has 0 bridgehead atoms. The zero-order valence-corrected chi connectivity index (χ0v) is 12.7. The number of carbonyl (C=O) groups is 1. The highest BCUT2D eigenvalue weighted by molar-refractivity contribution is 5.85. The molecule has 1 aliphatic heterocycles. The number of rotatable bonds is 6. The molecular weight excluding hydrogens is 318 g/mol. The van der Waals surface area contributed by atoms with Gasteiger partial charge < -0.3 is 20.5 Å². The standard InChI is InChI=1S/C14H18F2N2O3.ClH/c15-12-2-1-11(5-13(12)16)21-8-10(19)7-18-14(20)9-3-4-17-6-9;/h1-2,5,9-10,17,19H,3-4,6-8H2,(H,18,20);1H. The van der Waals surface area contributed by atoms with Gasteiger partial charge in [0.25, 0.3) is 0 Å². The predicted molar refractivity (Wildman–Crippen MR) is 79.1 cm³/mol. The molecule has 1 aromatic carbocycles. The molecule has 0 aromatic heterocycles. The van der Waals surface area contributed by atoms with E-state index >= 15 is 0 Å². The molecule has 1 aliphatic rings. The second-order valence-corrected chi connectivity index (χ2v) is 4.98. The second-order valence-electron chi connectivity index (χ2n) is 4.98. The fraction of sp³-hybridized carbons (Fsp3) is 0.500. The van der Waals surface area contributed by atoms with Crippen LogP contribution in [-0.4, -0.2) is 43.4 Å². The molecule has 22 heavy (non-hydrogen) atoms. The van der Waals surface area contributed by atoms with Crippen molar-refractivity contribution in [1.29, 1.82) is 0 Å². The summed E-state index contributed by atoms with van der Waals surface area (Å²) in [5.74, 6) is -2.01. The molecule has 8 heteroatoms. The van der Waals surface area contributed by atoms with Gasteiger partial charge in [0, 0.05) is 19.2 Å². The lowest BCUT2D eigenvalue weighted by Crippen LogP contribution is -2.39. The maximum Gasteiger partial charge on any atom is 0.224 e. The monoisotopic (exact) mass is 336 g/mol. The van der Waals surface area contributed by atoms with E-state index in [1.807, 2.05) is 0 Å². The van der Waals surface area contributed by atoms with Crippen LogP contribution in [-0.2, 0) is 4.79 Å². The molecule has 124 valence electrons. The van der Waals surface area contributed by atoms with E-state index in [9.17, 15) is 18.7 Å². The third kappa shape index (κ3) is 5.40. The van der Waals surface area contributed by atoms with Crippen molar-refractivity contribution >= 4 is 18.3 Å². The summed E-state index contributed by atoms with van der Waals surface area (Å²) < 4.78 is 30.8. The Morgan fingerprint density at radius 3 is 2.86 bits per heavy atom. The Morgan fingerprint density at radius 2 is 2.23 bits per heavy atom. The number of hydrogen-bond acceptors (Lipinski definition) is 4. The molecule has 2 unspecified atom stereocenters. The number of benzene rings is 1. The van der Waals surface area contributed by atoms with Crippen LogP contribution >= 0.6 is 12.4 Å². The van der Waals surface area contributed by atoms with E-state index in [2.05, 4.69) is 10.6 Å². The summed E-state index contributed by atoms with van der Waals surface area (Å²) >= 11 is 0. The van der Waals surface area contributed by atoms with Gasteiger partial charge in [0.2, 0.25) is 5.91 Å². The third-order valence-electron chi connectivity index (χ3n) is 3.28. The van der Waals surface area contributed by atoms with Crippen LogP contribution in [0.3, 0.4) is 0 Å². The second kappa shape index (κ2) is 8.87. The average molecular weight is 337 g/mol. The Hall–Kier alpha value is -1.44. The van der Waals surface area contributed by atoms with Gasteiger partial charge in [-0.1, -0.05) is 0 Å². The summed E-state index contributed by atoms with van der Waals surface area (Å²) in [4.78, 5) is 11.7. The van der Waals surface area contributed by atoms with E-state index in [-0.39, 0.29) is 43.1 Å². The van der Waals surface area contributed by atoms with Gasteiger partial charge in [-0.15, -0.1) is 12.4 Å². The van der Waals surface area contributed by atoms with E-state index in [4.69, 9.17) is 4.74 Å². The first-order chi connectivity index (χ1) is 10.1. The average Bonchev–Trinajstić information content (AvgIpc) is 3.00. The first-order valence-corrected chi connectivity index (χ1v) is 6.80. The Balaban J connectivity index is 0.00000242. The highest BCUT2D eigenvalue weighted by atomic mass is 35.5. The van der Waals surface area contributed by atoms with Gasteiger partial charge in [-0.25, -0.2) is 8.78 Å². The van der Waals surface area contributed by atoms with Gasteiger partial charge in [-0.2, -0.15) is 0 Å². The minimum atomic E-state index is -1.01. The van der Waals surface area contributed by atoms with Crippen LogP contribution in [0.4, 0.5) is 8.78 Å². The quantitative estimate of drug-likeness (QED) is 0.720. The fourth-order valence-corrected chi connectivity index (χ4v) is 2.06. The smallest absolute Gasteiger partial charge is 0.224 e. The molecule has 0 saturated carbocycles. The SMILES string of the molecule is Cl.O=C(NCC(O)COc1ccc(F)c(F)c1)C1CCNC1. The number of aliphatic hydroxyl groups excluding tert-OH is 1. The minimum Gasteiger partial charge on any atom is -0.491 e. The number of amides is 1. The van der Waals surface area contributed by atoms with Gasteiger partial charge >= 0.3 is 0 Å². The maximum absolute atomic E-state index is 12.9. The van der Waals surface area contributed by atoms with Crippen molar-refractivity contribution < 1.29 is 23.4 Å². The molecule has 1 fully saturated rings. The van der Waals surface area contributed by atoms with Crippen LogP contribution in [0, 0.1) is 17.6 Å². The Morgan fingerprint density at radius 1 is 1.45 bits per heavy atom. The first kappa shape index (κ1) is 18.6. The van der Waals surface area contributed by atoms with Crippen molar-refractivity contribution in [3.8, 4) is 5.75 Å². The molecule has 2 atom stereocenters. The normalized spacial score (nSPS) is 18.4. The van der Waals surface area contributed by atoms with Gasteiger partial charge in [-0.3, -0.25) is 4.79 Å². The van der Waals surface area contributed by atoms with Crippen molar-refractivity contribution in [2.75, 3.05) is 26.2 Å². The van der Waals surface area contributed by atoms with E-state index < -0.39 is 17.7 Å². The zero-order valence-electron chi connectivity index (χ0n) is 11.9. The van der Waals surface area contributed by atoms with E-state index in [0.29, 0.717) is 6.54 Å². The van der Waals surface area contributed by atoms with Gasteiger partial charge in [0.05, 0.1) is 5.92 Å². The summed E-state index contributed by atoms with van der Waals surface area (Å²) in [7, 11) is 0. The number of carbonyl (C=O) groups excluding carboxylic acids is 1. The molecule has 1 aromatic rings. The van der Waals surface area contributed by atoms with Crippen molar-refractivity contribution in [3.63, 3.8) is 0 Å². The Kier molecular flexibility index (Phi) is 7.50. The number of aliphatic hydroxyl groups is 1. The van der Waals surface area contributed by atoms with E-state index in [1.165, 1.54) is 6.07 Å². The summed E-state index contributed by atoms with van der Waals surface area (Å²) in [6, 6.07) is 3.13. The molecule has 0 aliphatic carbocycles. The summed E-state index contributed by atoms with van der Waals surface area (Å²) in [6.07, 6.45) is -0.135. The molecule has 0 spiro atoms. The van der Waals surface area contributed by atoms with Crippen molar-refractivity contribution in [2.45, 2.75) is 12.5 Å². The topological polar surface area (TPSA) is 70.6 Å². The van der Waals surface area contributed by atoms with Crippen LogP contribution in [0.2, 0.25) is 0 Å². The third-order valence-corrected chi connectivity index (χ3v) is 3.28. The number of nitrogens with one attached hydrogen (secondary N) is 2.